The average Bonchev–Trinajstić information content (AvgIpc) is 0. The normalized spacial score (nSPS) is 0. The van der Waals surface area contributed by atoms with Crippen LogP contribution >= 0.6 is 0 Å². The molecule has 5 heavy (non-hydrogen) atoms. The Kier molecular flexibility index (Phi) is 200. The first-order valence-corrected chi connectivity index (χ1v) is 0. The number of hydrogen-bond acceptors (Lipinski definition) is 0. The zero-order valence-electron chi connectivity index (χ0n) is 2.88. The van der Waals surface area contributed by atoms with Crippen molar-refractivity contribution in [3.63, 3.8) is 0 Å². The van der Waals surface area contributed by atoms with Crippen molar-refractivity contribution in [1.82, 2.24) is 0 Å². The number of rotatable bonds is 0. The second kappa shape index (κ2) is 25.8. The Labute approximate surface area is 107 Å². The van der Waals surface area contributed by atoms with Crippen LogP contribution < -0.4 is 0 Å². The minimum Gasteiger partial charge on any atom is 0 e. The summed E-state index contributed by atoms with van der Waals surface area (Å²) in [5.41, 5.74) is 0. The van der Waals surface area contributed by atoms with Crippen LogP contribution in [0.5, 0.6) is 0 Å². The van der Waals surface area contributed by atoms with Gasteiger partial charge in [0.2, 0.25) is 0 Å². The van der Waals surface area contributed by atoms with Gasteiger partial charge in [0.05, 0.1) is 0 Å². The molecule has 0 spiro atoms. The molecule has 0 heterocycles. The molecule has 0 atom stereocenters. The van der Waals surface area contributed by atoms with E-state index in [1.54, 1.807) is 0 Å². The molecule has 0 nitrogen and oxygen atoms in total. The van der Waals surface area contributed by atoms with Gasteiger partial charge >= 0.3 is 0 Å². The molecule has 0 aromatic heterocycles. The molecule has 5 heteroatoms. The van der Waals surface area contributed by atoms with Crippen LogP contribution in [0.15, 0.2) is 0 Å². The van der Waals surface area contributed by atoms with E-state index in [1.165, 1.54) is 0 Å². The van der Waals surface area contributed by atoms with Gasteiger partial charge in [0.1, 0.15) is 0 Å². The molecular weight excluding hydrogens is 512 g/mol. The molecule has 0 bridgehead atoms. The van der Waals surface area contributed by atoms with E-state index in [-0.39, 0.29) is 109 Å². The van der Waals surface area contributed by atoms with Crippen LogP contribution in [0.1, 0.15) is 0 Å². The minimum atomic E-state index is 0. The van der Waals surface area contributed by atoms with Gasteiger partial charge in [-0.2, -0.15) is 0 Å². The van der Waals surface area contributed by atoms with Crippen LogP contribution in [0.4, 0.5) is 0 Å². The molecule has 3 radical (unpaired) electrons. The third kappa shape index (κ3) is 18.5. The molecule has 0 rings (SSSR count). The molecule has 0 aromatic rings. The maximum absolute atomic E-state index is 0. The van der Waals surface area contributed by atoms with Crippen LogP contribution in [0, 0.1) is 0 Å². The fourth-order valence-electron chi connectivity index (χ4n) is 0. The molecule has 0 amide bonds. The maximum atomic E-state index is 0. The van der Waals surface area contributed by atoms with Gasteiger partial charge in [-0.15, -0.1) is 0 Å². The topological polar surface area (TPSA) is 0 Å². The van der Waals surface area contributed by atoms with Gasteiger partial charge in [-0.3, -0.25) is 0 Å². The van der Waals surface area contributed by atoms with Crippen molar-refractivity contribution in [2.75, 3.05) is 0 Å². The van der Waals surface area contributed by atoms with Crippen LogP contribution in [0.2, 0.25) is 0 Å². The van der Waals surface area contributed by atoms with Gasteiger partial charge in [-0.1, -0.05) is 0 Å². The SMILES string of the molecule is [As].[Cd].[Hg].[Ni].[Zn]. The van der Waals surface area contributed by atoms with E-state index in [0.29, 0.717) is 0 Å². The fraction of sp³-hybridized carbons (Fsp3) is 0. The first-order chi connectivity index (χ1) is 0. The van der Waals surface area contributed by atoms with Crippen molar-refractivity contribution in [3.8, 4) is 0 Å². The Morgan fingerprint density at radius 1 is 1.00 bits per heavy atom. The predicted molar refractivity (Wildman–Crippen MR) is 5.75 cm³/mol. The largest absolute Gasteiger partial charge is 0 e. The fourth-order valence-corrected chi connectivity index (χ4v) is 0. The van der Waals surface area contributed by atoms with Crippen molar-refractivity contribution >= 4 is 18.0 Å². The van der Waals surface area contributed by atoms with Crippen LogP contribution in [-0.2, 0) is 90.9 Å². The van der Waals surface area contributed by atoms with E-state index in [2.05, 4.69) is 0 Å². The summed E-state index contributed by atoms with van der Waals surface area (Å²) in [7, 11) is 0. The van der Waals surface area contributed by atoms with E-state index in [9.17, 15) is 0 Å². The molecule has 0 aliphatic carbocycles. The van der Waals surface area contributed by atoms with Crippen LogP contribution in [-0.4, -0.2) is 18.0 Å². The van der Waals surface area contributed by atoms with E-state index < -0.39 is 0 Å². The summed E-state index contributed by atoms with van der Waals surface area (Å²) in [6.07, 6.45) is 0. The van der Waals surface area contributed by atoms with E-state index in [4.69, 9.17) is 0 Å². The van der Waals surface area contributed by atoms with Crippen molar-refractivity contribution in [2.45, 2.75) is 0 Å². The molecule has 0 saturated carbocycles. The molecule has 0 unspecified atom stereocenters. The summed E-state index contributed by atoms with van der Waals surface area (Å²) in [4.78, 5) is 0. The molecule has 0 aliphatic heterocycles. The first kappa shape index (κ1) is 38.8. The van der Waals surface area contributed by atoms with E-state index >= 15 is 0 Å². The third-order valence-electron chi connectivity index (χ3n) is 0. The summed E-state index contributed by atoms with van der Waals surface area (Å²) in [6.45, 7) is 0. The standard InChI is InChI=1S/As.Cd.Hg.Ni.Zn. The zero-order chi connectivity index (χ0) is 0. The first-order valence-electron chi connectivity index (χ1n) is 0. The minimum absolute atomic E-state index is 0. The Balaban J connectivity index is 0. The average molecular weight is 512 g/mol. The van der Waals surface area contributed by atoms with Crippen LogP contribution in [0.3, 0.4) is 0 Å². The van der Waals surface area contributed by atoms with Gasteiger partial charge in [0, 0.05) is 109 Å². The Morgan fingerprint density at radius 2 is 1.00 bits per heavy atom. The van der Waals surface area contributed by atoms with Crippen molar-refractivity contribution < 1.29 is 90.9 Å². The Morgan fingerprint density at radius 3 is 1.00 bits per heavy atom. The molecule has 0 aromatic carbocycles. The van der Waals surface area contributed by atoms with Gasteiger partial charge < -0.3 is 0 Å². The smallest absolute Gasteiger partial charge is 0 e. The van der Waals surface area contributed by atoms with Gasteiger partial charge in [-0.25, -0.2) is 0 Å². The zero-order valence-corrected chi connectivity index (χ0v) is 18.3. The predicted octanol–water partition coefficient (Wildman–Crippen LogP) is -0.391. The molecule has 0 N–H and O–H groups in total. The summed E-state index contributed by atoms with van der Waals surface area (Å²) >= 11 is 0. The van der Waals surface area contributed by atoms with Gasteiger partial charge in [-0.05, 0) is 0 Å². The molecule has 0 saturated heterocycles. The monoisotopic (exact) mass is 513 g/mol. The summed E-state index contributed by atoms with van der Waals surface area (Å²) < 4.78 is 0. The molecule has 21 valence electrons. The van der Waals surface area contributed by atoms with Gasteiger partial charge in [0.15, 0.2) is 0 Å². The summed E-state index contributed by atoms with van der Waals surface area (Å²) in [6, 6.07) is 0. The second-order valence-electron chi connectivity index (χ2n) is 0. The maximum Gasteiger partial charge on any atom is 0 e. The molecule has 0 fully saturated rings. The number of hydrogen-bond donors (Lipinski definition) is 0. The summed E-state index contributed by atoms with van der Waals surface area (Å²) in [5, 5.41) is 0. The van der Waals surface area contributed by atoms with Crippen molar-refractivity contribution in [1.29, 1.82) is 0 Å². The molecular formula is AsCdHgNiZn. The summed E-state index contributed by atoms with van der Waals surface area (Å²) in [5.74, 6) is 0. The van der Waals surface area contributed by atoms with Crippen molar-refractivity contribution in [3.05, 3.63) is 0 Å². The Bertz CT molecular complexity index is 11.6. The van der Waals surface area contributed by atoms with Crippen molar-refractivity contribution in [2.24, 2.45) is 0 Å². The van der Waals surface area contributed by atoms with E-state index in [1.807, 2.05) is 0 Å². The Hall–Kier alpha value is 3.53. The van der Waals surface area contributed by atoms with E-state index in [0.717, 1.165) is 0 Å². The van der Waals surface area contributed by atoms with Crippen LogP contribution in [0.25, 0.3) is 0 Å². The second-order valence-corrected chi connectivity index (χ2v) is 0. The quantitative estimate of drug-likeness (QED) is 0.389. The van der Waals surface area contributed by atoms with Gasteiger partial charge in [0.25, 0.3) is 0 Å². The molecule has 0 aliphatic rings. The third-order valence-corrected chi connectivity index (χ3v) is 0.